The average Bonchev–Trinajstić information content (AvgIpc) is 2.67. The Labute approximate surface area is 165 Å². The van der Waals surface area contributed by atoms with Gasteiger partial charge < -0.3 is 15.4 Å². The third-order valence-electron chi connectivity index (χ3n) is 4.99. The van der Waals surface area contributed by atoms with Gasteiger partial charge in [-0.05, 0) is 37.8 Å². The maximum absolute atomic E-state index is 13.7. The second kappa shape index (κ2) is 10.2. The van der Waals surface area contributed by atoms with Crippen LogP contribution in [0.2, 0.25) is 0 Å². The standard InChI is InChI=1S/C21H29FN2O4/c1-13(2)18(24-20(26)15-9-5-4-6-10-15)21(27)28-14(3)19(25)23-17-12-8-7-11-16(17)22/h7-8,11-15,18H,4-6,9-10H2,1-3H3,(H,23,25)(H,24,26)/t14-,18+/m0/s1. The summed E-state index contributed by atoms with van der Waals surface area (Å²) in [6.07, 6.45) is 3.69. The number of carbonyl (C=O) groups is 3. The number of ether oxygens (including phenoxy) is 1. The second-order valence-electron chi connectivity index (χ2n) is 7.61. The number of halogens is 1. The van der Waals surface area contributed by atoms with Crippen molar-refractivity contribution >= 4 is 23.5 Å². The molecular formula is C21H29FN2O4. The van der Waals surface area contributed by atoms with Crippen LogP contribution in [0.3, 0.4) is 0 Å². The average molecular weight is 392 g/mol. The zero-order chi connectivity index (χ0) is 20.7. The van der Waals surface area contributed by atoms with Gasteiger partial charge in [0.15, 0.2) is 6.10 Å². The van der Waals surface area contributed by atoms with E-state index < -0.39 is 29.8 Å². The van der Waals surface area contributed by atoms with Crippen LogP contribution in [0, 0.1) is 17.7 Å². The zero-order valence-corrected chi connectivity index (χ0v) is 16.7. The van der Waals surface area contributed by atoms with Gasteiger partial charge in [-0.25, -0.2) is 9.18 Å². The monoisotopic (exact) mass is 392 g/mol. The number of rotatable bonds is 7. The molecule has 6 nitrogen and oxygen atoms in total. The summed E-state index contributed by atoms with van der Waals surface area (Å²) in [7, 11) is 0. The summed E-state index contributed by atoms with van der Waals surface area (Å²) in [5.74, 6) is -2.30. The molecule has 0 aromatic heterocycles. The van der Waals surface area contributed by atoms with Gasteiger partial charge in [0.1, 0.15) is 11.9 Å². The van der Waals surface area contributed by atoms with Crippen molar-refractivity contribution in [1.29, 1.82) is 0 Å². The van der Waals surface area contributed by atoms with Gasteiger partial charge >= 0.3 is 5.97 Å². The fourth-order valence-corrected chi connectivity index (χ4v) is 3.23. The SMILES string of the molecule is CC(C)[C@@H](NC(=O)C1CCCCC1)C(=O)O[C@@H](C)C(=O)Nc1ccccc1F. The Morgan fingerprint density at radius 3 is 2.32 bits per heavy atom. The van der Waals surface area contributed by atoms with Crippen molar-refractivity contribution in [2.45, 2.75) is 65.0 Å². The van der Waals surface area contributed by atoms with Gasteiger partial charge in [0.05, 0.1) is 5.69 Å². The minimum Gasteiger partial charge on any atom is -0.451 e. The topological polar surface area (TPSA) is 84.5 Å². The number of nitrogens with one attached hydrogen (secondary N) is 2. The summed E-state index contributed by atoms with van der Waals surface area (Å²) in [5, 5.41) is 5.18. The molecule has 1 aromatic carbocycles. The van der Waals surface area contributed by atoms with Gasteiger partial charge in [-0.15, -0.1) is 0 Å². The molecule has 0 bridgehead atoms. The number of benzene rings is 1. The van der Waals surface area contributed by atoms with E-state index in [1.54, 1.807) is 19.9 Å². The van der Waals surface area contributed by atoms with E-state index in [2.05, 4.69) is 10.6 Å². The van der Waals surface area contributed by atoms with Crippen LogP contribution in [-0.4, -0.2) is 29.9 Å². The van der Waals surface area contributed by atoms with Crippen molar-refractivity contribution in [1.82, 2.24) is 5.32 Å². The van der Waals surface area contributed by atoms with Crippen molar-refractivity contribution in [3.8, 4) is 0 Å². The molecular weight excluding hydrogens is 363 g/mol. The van der Waals surface area contributed by atoms with Gasteiger partial charge in [-0.2, -0.15) is 0 Å². The molecule has 1 fully saturated rings. The molecule has 2 rings (SSSR count). The van der Waals surface area contributed by atoms with E-state index in [4.69, 9.17) is 4.74 Å². The predicted octanol–water partition coefficient (Wildman–Crippen LogP) is 3.42. The first-order chi connectivity index (χ1) is 13.3. The molecule has 0 unspecified atom stereocenters. The number of esters is 1. The molecule has 1 aliphatic carbocycles. The summed E-state index contributed by atoms with van der Waals surface area (Å²) < 4.78 is 18.9. The fraction of sp³-hybridized carbons (Fsp3) is 0.571. The number of carbonyl (C=O) groups excluding carboxylic acids is 3. The Morgan fingerprint density at radius 2 is 1.71 bits per heavy atom. The van der Waals surface area contributed by atoms with Crippen LogP contribution in [0.25, 0.3) is 0 Å². The van der Waals surface area contributed by atoms with Gasteiger partial charge in [0.25, 0.3) is 5.91 Å². The van der Waals surface area contributed by atoms with Crippen LogP contribution in [-0.2, 0) is 19.1 Å². The molecule has 0 saturated heterocycles. The minimum absolute atomic E-state index is 0.0152. The van der Waals surface area contributed by atoms with Crippen molar-refractivity contribution < 1.29 is 23.5 Å². The quantitative estimate of drug-likeness (QED) is 0.697. The number of hydrogen-bond donors (Lipinski definition) is 2. The van der Waals surface area contributed by atoms with Gasteiger partial charge in [0.2, 0.25) is 5.91 Å². The third-order valence-corrected chi connectivity index (χ3v) is 4.99. The predicted molar refractivity (Wildman–Crippen MR) is 104 cm³/mol. The maximum Gasteiger partial charge on any atom is 0.329 e. The summed E-state index contributed by atoms with van der Waals surface area (Å²) in [4.78, 5) is 37.2. The lowest BCUT2D eigenvalue weighted by molar-refractivity contribution is -0.157. The Bertz CT molecular complexity index is 701. The summed E-state index contributed by atoms with van der Waals surface area (Å²) in [5.41, 5.74) is 0.0152. The number of anilines is 1. The van der Waals surface area contributed by atoms with Gasteiger partial charge in [-0.3, -0.25) is 9.59 Å². The minimum atomic E-state index is -1.13. The van der Waals surface area contributed by atoms with E-state index in [0.29, 0.717) is 0 Å². The Kier molecular flexibility index (Phi) is 7.96. The molecule has 7 heteroatoms. The largest absolute Gasteiger partial charge is 0.451 e. The van der Waals surface area contributed by atoms with Crippen LogP contribution < -0.4 is 10.6 Å². The first-order valence-corrected chi connectivity index (χ1v) is 9.86. The Hall–Kier alpha value is -2.44. The van der Waals surface area contributed by atoms with Crippen molar-refractivity contribution in [2.24, 2.45) is 11.8 Å². The van der Waals surface area contributed by atoms with Gasteiger partial charge in [-0.1, -0.05) is 45.2 Å². The van der Waals surface area contributed by atoms with Crippen LogP contribution >= 0.6 is 0 Å². The van der Waals surface area contributed by atoms with Crippen molar-refractivity contribution in [3.05, 3.63) is 30.1 Å². The first kappa shape index (κ1) is 21.9. The molecule has 1 aliphatic rings. The Morgan fingerprint density at radius 1 is 1.07 bits per heavy atom. The molecule has 2 amide bonds. The summed E-state index contributed by atoms with van der Waals surface area (Å²) in [6.45, 7) is 5.02. The van der Waals surface area contributed by atoms with Crippen molar-refractivity contribution in [3.63, 3.8) is 0 Å². The van der Waals surface area contributed by atoms with Crippen LogP contribution in [0.4, 0.5) is 10.1 Å². The van der Waals surface area contributed by atoms with Crippen LogP contribution in [0.1, 0.15) is 52.9 Å². The fourth-order valence-electron chi connectivity index (χ4n) is 3.23. The van der Waals surface area contributed by atoms with Crippen LogP contribution in [0.5, 0.6) is 0 Å². The van der Waals surface area contributed by atoms with E-state index in [1.807, 2.05) is 0 Å². The molecule has 2 N–H and O–H groups in total. The zero-order valence-electron chi connectivity index (χ0n) is 16.7. The molecule has 154 valence electrons. The second-order valence-corrected chi connectivity index (χ2v) is 7.61. The molecule has 0 heterocycles. The molecule has 2 atom stereocenters. The molecule has 0 radical (unpaired) electrons. The molecule has 1 saturated carbocycles. The van der Waals surface area contributed by atoms with Gasteiger partial charge in [0, 0.05) is 5.92 Å². The molecule has 1 aromatic rings. The smallest absolute Gasteiger partial charge is 0.329 e. The highest BCUT2D eigenvalue weighted by atomic mass is 19.1. The number of para-hydroxylation sites is 1. The number of amides is 2. The molecule has 0 aliphatic heterocycles. The maximum atomic E-state index is 13.7. The highest BCUT2D eigenvalue weighted by molar-refractivity contribution is 5.95. The van der Waals surface area contributed by atoms with E-state index in [1.165, 1.54) is 25.1 Å². The number of hydrogen-bond acceptors (Lipinski definition) is 4. The van der Waals surface area contributed by atoms with E-state index in [-0.39, 0.29) is 23.4 Å². The van der Waals surface area contributed by atoms with E-state index in [0.717, 1.165) is 32.1 Å². The highest BCUT2D eigenvalue weighted by Crippen LogP contribution is 2.24. The van der Waals surface area contributed by atoms with E-state index >= 15 is 0 Å². The Balaban J connectivity index is 1.93. The van der Waals surface area contributed by atoms with Crippen molar-refractivity contribution in [2.75, 3.05) is 5.32 Å². The lowest BCUT2D eigenvalue weighted by Crippen LogP contribution is -2.49. The summed E-state index contributed by atoms with van der Waals surface area (Å²) >= 11 is 0. The third kappa shape index (κ3) is 6.04. The lowest BCUT2D eigenvalue weighted by atomic mass is 9.88. The summed E-state index contributed by atoms with van der Waals surface area (Å²) in [6, 6.07) is 4.91. The first-order valence-electron chi connectivity index (χ1n) is 9.86. The molecule has 0 spiro atoms. The lowest BCUT2D eigenvalue weighted by Gasteiger charge is -2.26. The molecule has 28 heavy (non-hydrogen) atoms. The van der Waals surface area contributed by atoms with E-state index in [9.17, 15) is 18.8 Å². The highest BCUT2D eigenvalue weighted by Gasteiger charge is 2.31. The van der Waals surface area contributed by atoms with Crippen LogP contribution in [0.15, 0.2) is 24.3 Å². The normalized spacial score (nSPS) is 16.9.